The molecular formula is C30H43ClN6O6. The predicted molar refractivity (Wildman–Crippen MR) is 165 cm³/mol. The van der Waals surface area contributed by atoms with E-state index in [1.165, 1.54) is 0 Å². The molecule has 0 radical (unpaired) electrons. The summed E-state index contributed by atoms with van der Waals surface area (Å²) in [6.45, 7) is 3.91. The molecule has 0 fully saturated rings. The first-order valence-electron chi connectivity index (χ1n) is 13.9. The van der Waals surface area contributed by atoms with Gasteiger partial charge in [0.1, 0.15) is 12.9 Å². The number of nitrogens with two attached hydrogens (primary N) is 2. The first-order valence-corrected chi connectivity index (χ1v) is 13.9. The van der Waals surface area contributed by atoms with Gasteiger partial charge < -0.3 is 36.7 Å². The zero-order valence-electron chi connectivity index (χ0n) is 24.5. The van der Waals surface area contributed by atoms with E-state index in [-0.39, 0.29) is 63.1 Å². The van der Waals surface area contributed by atoms with Crippen molar-refractivity contribution in [3.63, 3.8) is 0 Å². The Morgan fingerprint density at radius 3 is 2.14 bits per heavy atom. The molecule has 43 heavy (non-hydrogen) atoms. The van der Waals surface area contributed by atoms with Gasteiger partial charge in [0.05, 0.1) is 18.1 Å². The number of halogens is 1. The van der Waals surface area contributed by atoms with E-state index in [2.05, 4.69) is 10.6 Å². The highest BCUT2D eigenvalue weighted by atomic mass is 35.5. The molecule has 2 aromatic carbocycles. The van der Waals surface area contributed by atoms with E-state index >= 15 is 0 Å². The minimum Gasteiger partial charge on any atom is -0.445 e. The molecule has 0 saturated heterocycles. The van der Waals surface area contributed by atoms with Gasteiger partial charge in [0, 0.05) is 6.54 Å². The number of imide groups is 1. The second-order valence-corrected chi connectivity index (χ2v) is 10.4. The molecule has 4 atom stereocenters. The summed E-state index contributed by atoms with van der Waals surface area (Å²) in [6.07, 6.45) is -1.74. The summed E-state index contributed by atoms with van der Waals surface area (Å²) in [5.74, 6) is -2.12. The van der Waals surface area contributed by atoms with E-state index in [0.717, 1.165) is 5.56 Å². The van der Waals surface area contributed by atoms with E-state index in [9.17, 15) is 24.3 Å². The Labute approximate surface area is 258 Å². The number of alkyl carbamates (subject to hydrolysis) is 1. The number of guanidine groups is 1. The molecule has 0 spiro atoms. The highest BCUT2D eigenvalue weighted by molar-refractivity contribution is 6.02. The Hall–Kier alpha value is -4.00. The molecule has 8 N–H and O–H groups in total. The van der Waals surface area contributed by atoms with Crippen LogP contribution in [0.5, 0.6) is 0 Å². The van der Waals surface area contributed by atoms with Crippen molar-refractivity contribution in [3.05, 3.63) is 71.8 Å². The number of rotatable bonds is 16. The zero-order chi connectivity index (χ0) is 31.1. The summed E-state index contributed by atoms with van der Waals surface area (Å²) in [5, 5.41) is 23.8. The molecule has 13 heteroatoms. The molecule has 3 amide bonds. The maximum Gasteiger partial charge on any atom is 0.407 e. The van der Waals surface area contributed by atoms with Crippen LogP contribution in [0.2, 0.25) is 0 Å². The molecule has 1 unspecified atom stereocenters. The van der Waals surface area contributed by atoms with Crippen LogP contribution in [-0.2, 0) is 32.1 Å². The standard InChI is InChI=1S/C30H42N6O6.ClH/c1-20(2)16-24(31)27(39)36(23(18-37)14-9-15-34-29(32)33)28(40)26(38)25(17-21-10-5-3-6-11-21)35-30(41)42-19-22-12-7-4-8-13-22;/h3-8,10-13,18,20,23-26,38H,9,14-17,19,31H2,1-2H3,(H,35,41)(H4,32,33,34);1H/t23-,24-,25+,26?;/m0./s1. The molecular weight excluding hydrogens is 576 g/mol. The number of carbonyl (C=O) groups is 4. The Morgan fingerprint density at radius 1 is 1.02 bits per heavy atom. The minimum absolute atomic E-state index is 0. The average Bonchev–Trinajstić information content (AvgIpc) is 2.97. The number of aliphatic hydroxyl groups is 1. The van der Waals surface area contributed by atoms with Gasteiger partial charge >= 0.3 is 6.09 Å². The number of aliphatic hydroxyl groups excluding tert-OH is 1. The van der Waals surface area contributed by atoms with Gasteiger partial charge in [-0.1, -0.05) is 74.5 Å². The molecule has 0 saturated carbocycles. The first kappa shape index (κ1) is 37.0. The summed E-state index contributed by atoms with van der Waals surface area (Å²) >= 11 is 0. The van der Waals surface area contributed by atoms with Crippen LogP contribution in [0.1, 0.15) is 44.2 Å². The first-order chi connectivity index (χ1) is 20.0. The molecule has 0 heterocycles. The monoisotopic (exact) mass is 618 g/mol. The zero-order valence-corrected chi connectivity index (χ0v) is 25.3. The maximum atomic E-state index is 13.8. The third-order valence-electron chi connectivity index (χ3n) is 6.45. The van der Waals surface area contributed by atoms with Gasteiger partial charge in [0.25, 0.3) is 5.91 Å². The molecule has 0 bridgehead atoms. The topological polar surface area (TPSA) is 201 Å². The minimum atomic E-state index is -1.91. The second kappa shape index (κ2) is 19.2. The number of hydrogen-bond donors (Lipinski definition) is 6. The van der Waals surface area contributed by atoms with E-state index in [0.29, 0.717) is 16.7 Å². The number of aldehydes is 1. The van der Waals surface area contributed by atoms with Gasteiger partial charge in [-0.2, -0.15) is 0 Å². The lowest BCUT2D eigenvalue weighted by Crippen LogP contribution is -2.59. The predicted octanol–water partition coefficient (Wildman–Crippen LogP) is 1.87. The van der Waals surface area contributed by atoms with Gasteiger partial charge in [0.15, 0.2) is 12.1 Å². The van der Waals surface area contributed by atoms with E-state index in [1.807, 2.05) is 19.9 Å². The quantitative estimate of drug-likeness (QED) is 0.0703. The van der Waals surface area contributed by atoms with E-state index < -0.39 is 42.1 Å². The van der Waals surface area contributed by atoms with Crippen molar-refractivity contribution in [2.45, 2.75) is 70.4 Å². The van der Waals surface area contributed by atoms with Crippen molar-refractivity contribution in [2.75, 3.05) is 6.54 Å². The van der Waals surface area contributed by atoms with Gasteiger partial charge in [-0.05, 0) is 42.7 Å². The fraction of sp³-hybridized carbons (Fsp3) is 0.433. The summed E-state index contributed by atoms with van der Waals surface area (Å²) in [7, 11) is 0. The Morgan fingerprint density at radius 2 is 1.60 bits per heavy atom. The van der Waals surface area contributed by atoms with Crippen molar-refractivity contribution in [2.24, 2.45) is 17.4 Å². The molecule has 12 nitrogen and oxygen atoms in total. The third kappa shape index (κ3) is 12.8. The molecule has 2 aromatic rings. The van der Waals surface area contributed by atoms with Crippen molar-refractivity contribution in [3.8, 4) is 0 Å². The van der Waals surface area contributed by atoms with Crippen molar-refractivity contribution in [1.82, 2.24) is 15.5 Å². The lowest BCUT2D eigenvalue weighted by atomic mass is 9.97. The summed E-state index contributed by atoms with van der Waals surface area (Å²) in [4.78, 5) is 52.9. The molecule has 0 aliphatic rings. The number of ether oxygens (including phenoxy) is 1. The van der Waals surface area contributed by atoms with Crippen LogP contribution in [0.15, 0.2) is 60.7 Å². The number of benzene rings is 2. The van der Waals surface area contributed by atoms with Gasteiger partial charge in [-0.15, -0.1) is 12.4 Å². The van der Waals surface area contributed by atoms with Crippen molar-refractivity contribution >= 4 is 42.6 Å². The van der Waals surface area contributed by atoms with Crippen LogP contribution in [-0.4, -0.2) is 70.9 Å². The van der Waals surface area contributed by atoms with Crippen LogP contribution in [0.25, 0.3) is 0 Å². The van der Waals surface area contributed by atoms with Gasteiger partial charge in [0.2, 0.25) is 5.91 Å². The van der Waals surface area contributed by atoms with Gasteiger partial charge in [-0.25, -0.2) is 4.79 Å². The van der Waals surface area contributed by atoms with E-state index in [4.69, 9.17) is 21.6 Å². The second-order valence-electron chi connectivity index (χ2n) is 10.4. The van der Waals surface area contributed by atoms with Crippen LogP contribution in [0, 0.1) is 11.3 Å². The van der Waals surface area contributed by atoms with Crippen LogP contribution in [0.3, 0.4) is 0 Å². The molecule has 236 valence electrons. The largest absolute Gasteiger partial charge is 0.445 e. The van der Waals surface area contributed by atoms with Crippen molar-refractivity contribution in [1.29, 1.82) is 5.41 Å². The summed E-state index contributed by atoms with van der Waals surface area (Å²) in [6, 6.07) is 14.3. The van der Waals surface area contributed by atoms with Gasteiger partial charge in [-0.3, -0.25) is 19.9 Å². The highest BCUT2D eigenvalue weighted by Crippen LogP contribution is 2.16. The van der Waals surface area contributed by atoms with Crippen LogP contribution in [0.4, 0.5) is 4.79 Å². The summed E-state index contributed by atoms with van der Waals surface area (Å²) in [5.41, 5.74) is 12.9. The van der Waals surface area contributed by atoms with Crippen LogP contribution < -0.4 is 22.1 Å². The van der Waals surface area contributed by atoms with E-state index in [1.54, 1.807) is 54.6 Å². The highest BCUT2D eigenvalue weighted by Gasteiger charge is 2.39. The Balaban J connectivity index is 0.00000924. The lowest BCUT2D eigenvalue weighted by molar-refractivity contribution is -0.157. The average molecular weight is 619 g/mol. The number of nitrogens with zero attached hydrogens (tertiary/aromatic N) is 1. The normalized spacial score (nSPS) is 13.4. The Kier molecular flexibility index (Phi) is 16.6. The summed E-state index contributed by atoms with van der Waals surface area (Å²) < 4.78 is 5.31. The number of carbonyl (C=O) groups excluding carboxylic acids is 4. The fourth-order valence-electron chi connectivity index (χ4n) is 4.36. The molecule has 0 aromatic heterocycles. The maximum absolute atomic E-state index is 13.8. The number of hydrogen-bond acceptors (Lipinski definition) is 8. The third-order valence-corrected chi connectivity index (χ3v) is 6.45. The number of nitrogens with one attached hydrogen (secondary N) is 3. The number of amides is 3. The fourth-order valence-corrected chi connectivity index (χ4v) is 4.36. The molecule has 2 rings (SSSR count). The molecule has 0 aliphatic carbocycles. The SMILES string of the molecule is CC(C)C[C@H](N)C(=O)N(C(=O)C(O)[C@@H](Cc1ccccc1)NC(=O)OCc1ccccc1)[C@H](C=O)CCCNC(=N)N.Cl. The lowest BCUT2D eigenvalue weighted by Gasteiger charge is -2.33. The molecule has 0 aliphatic heterocycles. The van der Waals surface area contributed by atoms with Crippen LogP contribution >= 0.6 is 12.4 Å². The smallest absolute Gasteiger partial charge is 0.407 e. The van der Waals surface area contributed by atoms with Crippen molar-refractivity contribution < 1.29 is 29.0 Å². The Bertz CT molecular complexity index is 1170.